The van der Waals surface area contributed by atoms with E-state index in [9.17, 15) is 4.79 Å². The molecular formula is C13H18N4O3S. The molecule has 1 fully saturated rings. The minimum absolute atomic E-state index is 0.0142. The Morgan fingerprint density at radius 2 is 2.43 bits per heavy atom. The van der Waals surface area contributed by atoms with Crippen molar-refractivity contribution < 1.29 is 9.84 Å². The predicted molar refractivity (Wildman–Crippen MR) is 78.6 cm³/mol. The molecule has 8 heteroatoms. The van der Waals surface area contributed by atoms with Crippen molar-refractivity contribution in [1.82, 2.24) is 19.5 Å². The van der Waals surface area contributed by atoms with Gasteiger partial charge in [-0.15, -0.1) is 0 Å². The first kappa shape index (κ1) is 14.6. The molecule has 7 nitrogen and oxygen atoms in total. The molecule has 0 radical (unpaired) electrons. The third kappa shape index (κ3) is 3.13. The summed E-state index contributed by atoms with van der Waals surface area (Å²) < 4.78 is 6.78. The molecule has 1 aliphatic heterocycles. The van der Waals surface area contributed by atoms with Crippen molar-refractivity contribution in [2.45, 2.75) is 26.0 Å². The minimum Gasteiger partial charge on any atom is -0.394 e. The standard InChI is InChI=1S/C13H18N4O3S/c1-2-11-15-17-12(19)5-9(14-13(17)21-11)6-16-3-4-20-10(7-16)8-18/h5,10,18H,2-4,6-8H2,1H3. The molecule has 2 aromatic rings. The van der Waals surface area contributed by atoms with E-state index >= 15 is 0 Å². The molecule has 0 spiro atoms. The molecule has 1 unspecified atom stereocenters. The van der Waals surface area contributed by atoms with Gasteiger partial charge < -0.3 is 9.84 Å². The molecule has 114 valence electrons. The van der Waals surface area contributed by atoms with Gasteiger partial charge in [0.2, 0.25) is 4.96 Å². The van der Waals surface area contributed by atoms with Gasteiger partial charge in [-0.1, -0.05) is 18.3 Å². The van der Waals surface area contributed by atoms with Crippen LogP contribution < -0.4 is 5.56 Å². The fourth-order valence-corrected chi connectivity index (χ4v) is 3.24. The van der Waals surface area contributed by atoms with E-state index in [1.807, 2.05) is 6.92 Å². The topological polar surface area (TPSA) is 80.0 Å². The summed E-state index contributed by atoms with van der Waals surface area (Å²) in [6.45, 7) is 4.63. The van der Waals surface area contributed by atoms with E-state index in [-0.39, 0.29) is 18.3 Å². The molecule has 3 heterocycles. The van der Waals surface area contributed by atoms with Gasteiger partial charge in [0.1, 0.15) is 5.01 Å². The molecule has 3 rings (SSSR count). The molecule has 2 aromatic heterocycles. The molecule has 0 aromatic carbocycles. The molecule has 1 aliphatic rings. The summed E-state index contributed by atoms with van der Waals surface area (Å²) in [5.41, 5.74) is 0.600. The molecule has 1 N–H and O–H groups in total. The van der Waals surface area contributed by atoms with Crippen LogP contribution in [0.5, 0.6) is 0 Å². The van der Waals surface area contributed by atoms with Gasteiger partial charge in [-0.05, 0) is 6.42 Å². The van der Waals surface area contributed by atoms with Gasteiger partial charge in [-0.25, -0.2) is 4.98 Å². The van der Waals surface area contributed by atoms with Crippen molar-refractivity contribution in [1.29, 1.82) is 0 Å². The number of aromatic nitrogens is 3. The summed E-state index contributed by atoms with van der Waals surface area (Å²) in [4.78, 5) is 19.4. The molecule has 21 heavy (non-hydrogen) atoms. The maximum atomic E-state index is 12.1. The number of aliphatic hydroxyl groups excluding tert-OH is 1. The number of hydrogen-bond donors (Lipinski definition) is 1. The summed E-state index contributed by atoms with van der Waals surface area (Å²) in [6.07, 6.45) is 0.642. The molecular weight excluding hydrogens is 292 g/mol. The van der Waals surface area contributed by atoms with E-state index in [1.165, 1.54) is 21.9 Å². The van der Waals surface area contributed by atoms with Gasteiger partial charge in [0.25, 0.3) is 5.56 Å². The van der Waals surface area contributed by atoms with E-state index in [0.717, 1.165) is 23.7 Å². The van der Waals surface area contributed by atoms with Gasteiger partial charge in [-0.3, -0.25) is 9.69 Å². The number of rotatable bonds is 4. The van der Waals surface area contributed by atoms with Crippen LogP contribution in [0.4, 0.5) is 0 Å². The van der Waals surface area contributed by atoms with Gasteiger partial charge in [0.15, 0.2) is 0 Å². The second kappa shape index (κ2) is 6.18. The van der Waals surface area contributed by atoms with Crippen molar-refractivity contribution in [2.24, 2.45) is 0 Å². The summed E-state index contributed by atoms with van der Waals surface area (Å²) >= 11 is 1.45. The van der Waals surface area contributed by atoms with Crippen LogP contribution in [0.1, 0.15) is 17.6 Å². The maximum absolute atomic E-state index is 12.1. The first-order valence-electron chi connectivity index (χ1n) is 7.03. The largest absolute Gasteiger partial charge is 0.394 e. The number of hydrogen-bond acceptors (Lipinski definition) is 7. The lowest BCUT2D eigenvalue weighted by atomic mass is 10.2. The highest BCUT2D eigenvalue weighted by atomic mass is 32.1. The summed E-state index contributed by atoms with van der Waals surface area (Å²) in [5, 5.41) is 14.3. The molecule has 1 atom stereocenters. The Kier molecular flexibility index (Phi) is 4.29. The second-order valence-corrected chi connectivity index (χ2v) is 6.08. The average molecular weight is 310 g/mol. The highest BCUT2D eigenvalue weighted by Crippen LogP contribution is 2.13. The van der Waals surface area contributed by atoms with E-state index in [4.69, 9.17) is 9.84 Å². The van der Waals surface area contributed by atoms with Crippen LogP contribution in [0.15, 0.2) is 10.9 Å². The maximum Gasteiger partial charge on any atom is 0.275 e. The molecule has 0 saturated carbocycles. The molecule has 0 amide bonds. The van der Waals surface area contributed by atoms with Crippen LogP contribution in [-0.2, 0) is 17.7 Å². The third-order valence-electron chi connectivity index (χ3n) is 3.45. The monoisotopic (exact) mass is 310 g/mol. The molecule has 0 aliphatic carbocycles. The summed E-state index contributed by atoms with van der Waals surface area (Å²) in [7, 11) is 0. The van der Waals surface area contributed by atoms with Crippen molar-refractivity contribution >= 4 is 16.3 Å². The number of morpholine rings is 1. The SMILES string of the molecule is CCc1nn2c(=O)cc(CN3CCOC(CO)C3)nc2s1. The van der Waals surface area contributed by atoms with Crippen molar-refractivity contribution in [3.63, 3.8) is 0 Å². The first-order chi connectivity index (χ1) is 10.2. The van der Waals surface area contributed by atoms with Crippen molar-refractivity contribution in [2.75, 3.05) is 26.3 Å². The lowest BCUT2D eigenvalue weighted by Gasteiger charge is -2.31. The summed E-state index contributed by atoms with van der Waals surface area (Å²) in [6, 6.07) is 1.54. The summed E-state index contributed by atoms with van der Waals surface area (Å²) in [5.74, 6) is 0. The van der Waals surface area contributed by atoms with E-state index in [1.54, 1.807) is 0 Å². The normalized spacial score (nSPS) is 20.2. The number of ether oxygens (including phenoxy) is 1. The smallest absolute Gasteiger partial charge is 0.275 e. The van der Waals surface area contributed by atoms with E-state index in [0.29, 0.717) is 24.7 Å². The zero-order chi connectivity index (χ0) is 14.8. The fraction of sp³-hybridized carbons (Fsp3) is 0.615. The van der Waals surface area contributed by atoms with Gasteiger partial charge in [-0.2, -0.15) is 9.61 Å². The lowest BCUT2D eigenvalue weighted by molar-refractivity contribution is -0.0553. The van der Waals surface area contributed by atoms with Gasteiger partial charge >= 0.3 is 0 Å². The Morgan fingerprint density at radius 3 is 3.19 bits per heavy atom. The highest BCUT2D eigenvalue weighted by Gasteiger charge is 2.20. The first-order valence-corrected chi connectivity index (χ1v) is 7.84. The lowest BCUT2D eigenvalue weighted by Crippen LogP contribution is -2.43. The molecule has 1 saturated heterocycles. The highest BCUT2D eigenvalue weighted by molar-refractivity contribution is 7.16. The predicted octanol–water partition coefficient (Wildman–Crippen LogP) is -0.0935. The fourth-order valence-electron chi connectivity index (χ4n) is 2.38. The Bertz CT molecular complexity index is 684. The van der Waals surface area contributed by atoms with Crippen LogP contribution in [0.2, 0.25) is 0 Å². The van der Waals surface area contributed by atoms with Crippen LogP contribution in [0.3, 0.4) is 0 Å². The zero-order valence-corrected chi connectivity index (χ0v) is 12.7. The van der Waals surface area contributed by atoms with Crippen LogP contribution in [-0.4, -0.2) is 57.0 Å². The third-order valence-corrected chi connectivity index (χ3v) is 4.51. The van der Waals surface area contributed by atoms with E-state index in [2.05, 4.69) is 15.0 Å². The van der Waals surface area contributed by atoms with Gasteiger partial charge in [0, 0.05) is 25.7 Å². The van der Waals surface area contributed by atoms with Crippen LogP contribution in [0.25, 0.3) is 4.96 Å². The number of aryl methyl sites for hydroxylation is 1. The Balaban J connectivity index is 1.82. The Labute approximate surface area is 125 Å². The van der Waals surface area contributed by atoms with E-state index < -0.39 is 0 Å². The number of fused-ring (bicyclic) bond motifs is 1. The number of nitrogens with zero attached hydrogens (tertiary/aromatic N) is 4. The van der Waals surface area contributed by atoms with Gasteiger partial charge in [0.05, 0.1) is 25.0 Å². The van der Waals surface area contributed by atoms with Crippen molar-refractivity contribution in [3.05, 3.63) is 27.1 Å². The average Bonchev–Trinajstić information content (AvgIpc) is 2.91. The number of aliphatic hydroxyl groups is 1. The Morgan fingerprint density at radius 1 is 1.57 bits per heavy atom. The van der Waals surface area contributed by atoms with Crippen LogP contribution >= 0.6 is 11.3 Å². The Hall–Kier alpha value is -1.35. The molecule has 0 bridgehead atoms. The van der Waals surface area contributed by atoms with Crippen molar-refractivity contribution in [3.8, 4) is 0 Å². The second-order valence-electron chi connectivity index (χ2n) is 5.04. The quantitative estimate of drug-likeness (QED) is 0.850. The zero-order valence-electron chi connectivity index (χ0n) is 11.9. The minimum atomic E-state index is -0.154. The van der Waals surface area contributed by atoms with Crippen LogP contribution in [0, 0.1) is 0 Å².